The van der Waals surface area contributed by atoms with Gasteiger partial charge in [-0.25, -0.2) is 0 Å². The first-order valence-corrected chi connectivity index (χ1v) is 4.77. The zero-order valence-electron chi connectivity index (χ0n) is 7.90. The van der Waals surface area contributed by atoms with E-state index in [1.165, 1.54) is 25.7 Å². The molecule has 0 aromatic rings. The van der Waals surface area contributed by atoms with Gasteiger partial charge in [0.1, 0.15) is 0 Å². The highest BCUT2D eigenvalue weighted by Gasteiger charge is 1.81. The van der Waals surface area contributed by atoms with Gasteiger partial charge in [0.05, 0.1) is 0 Å². The molecule has 0 heterocycles. The Morgan fingerprint density at radius 3 is 2.45 bits per heavy atom. The minimum Gasteiger partial charge on any atom is -0.317 e. The quantitative estimate of drug-likeness (QED) is 0.440. The maximum absolute atomic E-state index is 3.31. The van der Waals surface area contributed by atoms with E-state index in [2.05, 4.69) is 31.3 Å². The fraction of sp³-hybridized carbons (Fsp3) is 0.800. The van der Waals surface area contributed by atoms with Crippen molar-refractivity contribution in [3.8, 4) is 0 Å². The standard InChI is InChI=1S/C10H21N/c1-3-5-6-7-8-9-10-11-4-2/h6-7,11H,3-5,8-10H2,1-2H3. The normalized spacial score (nSPS) is 11.1. The molecule has 0 spiro atoms. The van der Waals surface area contributed by atoms with Crippen LogP contribution in [0.5, 0.6) is 0 Å². The van der Waals surface area contributed by atoms with Gasteiger partial charge in [-0.3, -0.25) is 0 Å². The summed E-state index contributed by atoms with van der Waals surface area (Å²) in [6.07, 6.45) is 9.58. The lowest BCUT2D eigenvalue weighted by Crippen LogP contribution is -2.13. The van der Waals surface area contributed by atoms with Gasteiger partial charge in [0, 0.05) is 0 Å². The van der Waals surface area contributed by atoms with Crippen molar-refractivity contribution in [1.82, 2.24) is 5.32 Å². The second kappa shape index (κ2) is 9.70. The smallest absolute Gasteiger partial charge is 0.00461 e. The average molecular weight is 155 g/mol. The predicted octanol–water partition coefficient (Wildman–Crippen LogP) is 2.73. The van der Waals surface area contributed by atoms with Crippen LogP contribution in [0.15, 0.2) is 12.2 Å². The first-order chi connectivity index (χ1) is 5.41. The minimum atomic E-state index is 1.10. The Labute approximate surface area is 70.9 Å². The van der Waals surface area contributed by atoms with Crippen molar-refractivity contribution >= 4 is 0 Å². The number of rotatable bonds is 7. The van der Waals surface area contributed by atoms with Gasteiger partial charge in [0.25, 0.3) is 0 Å². The van der Waals surface area contributed by atoms with Crippen LogP contribution < -0.4 is 5.32 Å². The van der Waals surface area contributed by atoms with Gasteiger partial charge < -0.3 is 5.32 Å². The van der Waals surface area contributed by atoms with Crippen LogP contribution in [0.1, 0.15) is 39.5 Å². The van der Waals surface area contributed by atoms with E-state index < -0.39 is 0 Å². The molecule has 1 heteroatoms. The number of hydrogen-bond acceptors (Lipinski definition) is 1. The summed E-state index contributed by atoms with van der Waals surface area (Å²) < 4.78 is 0. The molecule has 0 bridgehead atoms. The molecule has 0 unspecified atom stereocenters. The third kappa shape index (κ3) is 9.70. The van der Waals surface area contributed by atoms with Crippen LogP contribution in [0.25, 0.3) is 0 Å². The van der Waals surface area contributed by atoms with Gasteiger partial charge in [-0.1, -0.05) is 32.4 Å². The van der Waals surface area contributed by atoms with Crippen LogP contribution in [0, 0.1) is 0 Å². The Kier molecular flexibility index (Phi) is 9.44. The molecule has 0 atom stereocenters. The minimum absolute atomic E-state index is 1.10. The lowest BCUT2D eigenvalue weighted by molar-refractivity contribution is 0.679. The Bertz CT molecular complexity index is 86.9. The SMILES string of the molecule is CCCC=CCCCNCC. The third-order valence-electron chi connectivity index (χ3n) is 1.60. The monoisotopic (exact) mass is 155 g/mol. The van der Waals surface area contributed by atoms with E-state index in [-0.39, 0.29) is 0 Å². The van der Waals surface area contributed by atoms with Crippen LogP contribution in [0.3, 0.4) is 0 Å². The molecule has 0 aromatic carbocycles. The molecule has 1 nitrogen and oxygen atoms in total. The van der Waals surface area contributed by atoms with E-state index in [0.717, 1.165) is 13.1 Å². The van der Waals surface area contributed by atoms with E-state index in [1.54, 1.807) is 0 Å². The molecule has 0 aliphatic heterocycles. The fourth-order valence-electron chi connectivity index (χ4n) is 0.924. The number of unbranched alkanes of at least 4 members (excludes halogenated alkanes) is 2. The molecule has 0 radical (unpaired) electrons. The molecule has 0 rings (SSSR count). The third-order valence-corrected chi connectivity index (χ3v) is 1.60. The molecule has 11 heavy (non-hydrogen) atoms. The maximum atomic E-state index is 3.31. The molecular weight excluding hydrogens is 134 g/mol. The van der Waals surface area contributed by atoms with Crippen LogP contribution in [0.2, 0.25) is 0 Å². The van der Waals surface area contributed by atoms with Crippen molar-refractivity contribution in [1.29, 1.82) is 0 Å². The van der Waals surface area contributed by atoms with Crippen LogP contribution in [0.4, 0.5) is 0 Å². The molecule has 0 saturated carbocycles. The highest BCUT2D eigenvalue weighted by Crippen LogP contribution is 1.93. The van der Waals surface area contributed by atoms with Gasteiger partial charge >= 0.3 is 0 Å². The van der Waals surface area contributed by atoms with Crippen molar-refractivity contribution in [2.24, 2.45) is 0 Å². The molecular formula is C10H21N. The van der Waals surface area contributed by atoms with Crippen molar-refractivity contribution < 1.29 is 0 Å². The van der Waals surface area contributed by atoms with Crippen molar-refractivity contribution in [3.63, 3.8) is 0 Å². The Balaban J connectivity index is 2.89. The van der Waals surface area contributed by atoms with E-state index in [4.69, 9.17) is 0 Å². The number of hydrogen-bond donors (Lipinski definition) is 1. The Morgan fingerprint density at radius 2 is 1.82 bits per heavy atom. The van der Waals surface area contributed by atoms with Gasteiger partial charge in [0.15, 0.2) is 0 Å². The van der Waals surface area contributed by atoms with Gasteiger partial charge in [-0.2, -0.15) is 0 Å². The summed E-state index contributed by atoms with van der Waals surface area (Å²) in [6, 6.07) is 0. The lowest BCUT2D eigenvalue weighted by atomic mass is 10.2. The summed E-state index contributed by atoms with van der Waals surface area (Å²) in [6.45, 7) is 6.61. The van der Waals surface area contributed by atoms with E-state index in [1.807, 2.05) is 0 Å². The number of allylic oxidation sites excluding steroid dienone is 2. The molecule has 0 aromatic heterocycles. The Hall–Kier alpha value is -0.300. The predicted molar refractivity (Wildman–Crippen MR) is 51.8 cm³/mol. The summed E-state index contributed by atoms with van der Waals surface area (Å²) >= 11 is 0. The second-order valence-electron chi connectivity index (χ2n) is 2.76. The molecule has 0 aliphatic carbocycles. The van der Waals surface area contributed by atoms with E-state index >= 15 is 0 Å². The second-order valence-corrected chi connectivity index (χ2v) is 2.76. The maximum Gasteiger partial charge on any atom is -0.00461 e. The lowest BCUT2D eigenvalue weighted by Gasteiger charge is -1.96. The average Bonchev–Trinajstić information content (AvgIpc) is 2.03. The van der Waals surface area contributed by atoms with Gasteiger partial charge in [0.2, 0.25) is 0 Å². The summed E-state index contributed by atoms with van der Waals surface area (Å²) in [5.74, 6) is 0. The summed E-state index contributed by atoms with van der Waals surface area (Å²) in [4.78, 5) is 0. The first-order valence-electron chi connectivity index (χ1n) is 4.77. The Morgan fingerprint density at radius 1 is 1.09 bits per heavy atom. The molecule has 0 fully saturated rings. The molecule has 0 aliphatic rings. The van der Waals surface area contributed by atoms with E-state index in [9.17, 15) is 0 Å². The molecule has 0 amide bonds. The zero-order valence-corrected chi connectivity index (χ0v) is 7.90. The van der Waals surface area contributed by atoms with E-state index in [0.29, 0.717) is 0 Å². The summed E-state index contributed by atoms with van der Waals surface area (Å²) in [7, 11) is 0. The largest absolute Gasteiger partial charge is 0.317 e. The van der Waals surface area contributed by atoms with Gasteiger partial charge in [-0.15, -0.1) is 0 Å². The highest BCUT2D eigenvalue weighted by atomic mass is 14.8. The topological polar surface area (TPSA) is 12.0 Å². The van der Waals surface area contributed by atoms with Crippen molar-refractivity contribution in [2.75, 3.05) is 13.1 Å². The van der Waals surface area contributed by atoms with Crippen LogP contribution in [-0.2, 0) is 0 Å². The zero-order chi connectivity index (χ0) is 8.36. The summed E-state index contributed by atoms with van der Waals surface area (Å²) in [5, 5.41) is 3.31. The fourth-order valence-corrected chi connectivity index (χ4v) is 0.924. The number of nitrogens with one attached hydrogen (secondary N) is 1. The van der Waals surface area contributed by atoms with Crippen LogP contribution in [-0.4, -0.2) is 13.1 Å². The molecule has 66 valence electrons. The molecule has 0 saturated heterocycles. The van der Waals surface area contributed by atoms with Gasteiger partial charge in [-0.05, 0) is 32.4 Å². The summed E-state index contributed by atoms with van der Waals surface area (Å²) in [5.41, 5.74) is 0. The van der Waals surface area contributed by atoms with Crippen molar-refractivity contribution in [3.05, 3.63) is 12.2 Å². The first kappa shape index (κ1) is 10.7. The van der Waals surface area contributed by atoms with Crippen molar-refractivity contribution in [2.45, 2.75) is 39.5 Å². The molecule has 1 N–H and O–H groups in total. The highest BCUT2D eigenvalue weighted by molar-refractivity contribution is 4.80. The van der Waals surface area contributed by atoms with Crippen LogP contribution >= 0.6 is 0 Å².